The van der Waals surface area contributed by atoms with Gasteiger partial charge in [0.2, 0.25) is 5.91 Å². The van der Waals surface area contributed by atoms with Crippen molar-refractivity contribution in [3.05, 3.63) is 34.4 Å². The van der Waals surface area contributed by atoms with Crippen molar-refractivity contribution in [3.8, 4) is 5.75 Å². The Bertz CT molecular complexity index is 779. The molecule has 2 saturated heterocycles. The van der Waals surface area contributed by atoms with E-state index in [1.54, 1.807) is 0 Å². The van der Waals surface area contributed by atoms with Gasteiger partial charge in [-0.3, -0.25) is 14.9 Å². The predicted octanol–water partition coefficient (Wildman–Crippen LogP) is 3.82. The third-order valence-corrected chi connectivity index (χ3v) is 6.49. The van der Waals surface area contributed by atoms with E-state index in [0.717, 1.165) is 51.5 Å². The lowest BCUT2D eigenvalue weighted by molar-refractivity contribution is -0.384. The molecule has 8 heteroatoms. The maximum absolute atomic E-state index is 12.5. The van der Waals surface area contributed by atoms with Gasteiger partial charge in [-0.1, -0.05) is 0 Å². The maximum atomic E-state index is 12.5. The highest BCUT2D eigenvalue weighted by Crippen LogP contribution is 2.49. The standard InChI is InChI=1S/C20H24N2O6/c23-18-4-1-3-14-13-17(9-11-20(14)10-2-12-21(18)20)28-19(24)27-16-7-5-15(6-8-16)22(25)26/h5-8,14,17H,1-4,9-13H2/t14-,17-,20+/m1/s1. The molecule has 3 atom stereocenters. The first-order chi connectivity index (χ1) is 13.5. The number of hydrogen-bond acceptors (Lipinski definition) is 6. The smallest absolute Gasteiger partial charge is 0.431 e. The second kappa shape index (κ2) is 7.41. The zero-order valence-corrected chi connectivity index (χ0v) is 15.7. The number of nitrogens with zero attached hydrogens (tertiary/aromatic N) is 2. The van der Waals surface area contributed by atoms with Crippen LogP contribution in [-0.4, -0.2) is 40.1 Å². The maximum Gasteiger partial charge on any atom is 0.514 e. The van der Waals surface area contributed by atoms with Crippen LogP contribution in [0.4, 0.5) is 10.5 Å². The largest absolute Gasteiger partial charge is 0.514 e. The minimum Gasteiger partial charge on any atom is -0.431 e. The summed E-state index contributed by atoms with van der Waals surface area (Å²) in [5.41, 5.74) is -0.113. The number of benzene rings is 1. The molecule has 1 aromatic rings. The van der Waals surface area contributed by atoms with Crippen LogP contribution in [0.1, 0.15) is 51.4 Å². The third kappa shape index (κ3) is 3.43. The average molecular weight is 388 g/mol. The Labute approximate surface area is 162 Å². The Morgan fingerprint density at radius 3 is 2.71 bits per heavy atom. The molecule has 1 saturated carbocycles. The van der Waals surface area contributed by atoms with Crippen LogP contribution in [0, 0.1) is 16.0 Å². The predicted molar refractivity (Wildman–Crippen MR) is 98.9 cm³/mol. The molecule has 1 amide bonds. The fraction of sp³-hybridized carbons (Fsp3) is 0.600. The van der Waals surface area contributed by atoms with Crippen molar-refractivity contribution < 1.29 is 24.0 Å². The number of rotatable bonds is 3. The van der Waals surface area contributed by atoms with Gasteiger partial charge >= 0.3 is 6.16 Å². The summed E-state index contributed by atoms with van der Waals surface area (Å²) < 4.78 is 10.7. The first kappa shape index (κ1) is 18.7. The number of carbonyl (C=O) groups excluding carboxylic acids is 2. The average Bonchev–Trinajstić information content (AvgIpc) is 3.04. The molecule has 0 radical (unpaired) electrons. The lowest BCUT2D eigenvalue weighted by Crippen LogP contribution is -2.54. The van der Waals surface area contributed by atoms with E-state index >= 15 is 0 Å². The Morgan fingerprint density at radius 1 is 1.18 bits per heavy atom. The quantitative estimate of drug-likeness (QED) is 0.338. The molecule has 2 heterocycles. The first-order valence-electron chi connectivity index (χ1n) is 9.91. The van der Waals surface area contributed by atoms with Crippen molar-refractivity contribution in [2.75, 3.05) is 6.54 Å². The summed E-state index contributed by atoms with van der Waals surface area (Å²) in [4.78, 5) is 36.9. The molecule has 1 aromatic carbocycles. The molecule has 4 rings (SSSR count). The van der Waals surface area contributed by atoms with Gasteiger partial charge < -0.3 is 14.4 Å². The lowest BCUT2D eigenvalue weighted by Gasteiger charge is -2.48. The number of ether oxygens (including phenoxy) is 2. The van der Waals surface area contributed by atoms with E-state index in [2.05, 4.69) is 4.90 Å². The van der Waals surface area contributed by atoms with Crippen molar-refractivity contribution in [2.24, 2.45) is 5.92 Å². The molecule has 150 valence electrons. The number of nitro benzene ring substituents is 1. The SMILES string of the molecule is O=C(Oc1ccc([N+](=O)[O-])cc1)O[C@@H]1CC[C@]23CCCN2C(=O)CCC[C@@H]3C1. The van der Waals surface area contributed by atoms with E-state index < -0.39 is 11.1 Å². The van der Waals surface area contributed by atoms with Crippen LogP contribution in [0.15, 0.2) is 24.3 Å². The lowest BCUT2D eigenvalue weighted by atomic mass is 9.69. The van der Waals surface area contributed by atoms with Gasteiger partial charge in [-0.05, 0) is 63.0 Å². The summed E-state index contributed by atoms with van der Waals surface area (Å²) in [5.74, 6) is 0.842. The fourth-order valence-corrected chi connectivity index (χ4v) is 5.25. The molecule has 8 nitrogen and oxygen atoms in total. The molecule has 0 aromatic heterocycles. The van der Waals surface area contributed by atoms with Gasteiger partial charge in [0.05, 0.1) is 4.92 Å². The molecule has 0 bridgehead atoms. The van der Waals surface area contributed by atoms with E-state index in [1.807, 2.05) is 0 Å². The van der Waals surface area contributed by atoms with E-state index in [9.17, 15) is 19.7 Å². The van der Waals surface area contributed by atoms with Crippen LogP contribution in [0.3, 0.4) is 0 Å². The summed E-state index contributed by atoms with van der Waals surface area (Å²) in [5, 5.41) is 10.7. The third-order valence-electron chi connectivity index (χ3n) is 6.49. The first-order valence-corrected chi connectivity index (χ1v) is 9.91. The number of nitro groups is 1. The zero-order valence-electron chi connectivity index (χ0n) is 15.7. The van der Waals surface area contributed by atoms with Crippen LogP contribution >= 0.6 is 0 Å². The number of carbonyl (C=O) groups is 2. The van der Waals surface area contributed by atoms with E-state index in [0.29, 0.717) is 12.3 Å². The van der Waals surface area contributed by atoms with Gasteiger partial charge in [0.25, 0.3) is 5.69 Å². The normalized spacial score (nSPS) is 29.4. The van der Waals surface area contributed by atoms with Crippen LogP contribution in [0.25, 0.3) is 0 Å². The highest BCUT2D eigenvalue weighted by Gasteiger charge is 2.53. The van der Waals surface area contributed by atoms with Crippen LogP contribution < -0.4 is 4.74 Å². The van der Waals surface area contributed by atoms with Crippen molar-refractivity contribution >= 4 is 17.7 Å². The van der Waals surface area contributed by atoms with Crippen molar-refractivity contribution in [3.63, 3.8) is 0 Å². The molecular formula is C20H24N2O6. The Balaban J connectivity index is 1.37. The summed E-state index contributed by atoms with van der Waals surface area (Å²) in [7, 11) is 0. The number of non-ortho nitro benzene ring substituents is 1. The van der Waals surface area contributed by atoms with E-state index in [-0.39, 0.29) is 29.0 Å². The number of amides is 1. The van der Waals surface area contributed by atoms with Crippen LogP contribution in [0.5, 0.6) is 5.75 Å². The van der Waals surface area contributed by atoms with Gasteiger partial charge in [0.15, 0.2) is 0 Å². The Morgan fingerprint density at radius 2 is 1.96 bits per heavy atom. The van der Waals surface area contributed by atoms with Crippen molar-refractivity contribution in [1.29, 1.82) is 0 Å². The molecule has 28 heavy (non-hydrogen) atoms. The van der Waals surface area contributed by atoms with E-state index in [1.165, 1.54) is 24.3 Å². The molecule has 1 spiro atoms. The summed E-state index contributed by atoms with van der Waals surface area (Å²) in [6, 6.07) is 5.32. The fourth-order valence-electron chi connectivity index (χ4n) is 5.25. The summed E-state index contributed by atoms with van der Waals surface area (Å²) in [6.07, 6.45) is 5.90. The van der Waals surface area contributed by atoms with Crippen LogP contribution in [0.2, 0.25) is 0 Å². The molecule has 3 aliphatic rings. The number of hydrogen-bond donors (Lipinski definition) is 0. The molecule has 1 aliphatic carbocycles. The van der Waals surface area contributed by atoms with Crippen molar-refractivity contribution in [1.82, 2.24) is 4.90 Å². The summed E-state index contributed by atoms with van der Waals surface area (Å²) in [6.45, 7) is 0.850. The zero-order chi connectivity index (χ0) is 19.7. The van der Waals surface area contributed by atoms with Gasteiger partial charge in [-0.25, -0.2) is 4.79 Å². The molecule has 0 unspecified atom stereocenters. The van der Waals surface area contributed by atoms with Gasteiger partial charge in [0.1, 0.15) is 11.9 Å². The minimum atomic E-state index is -0.789. The highest BCUT2D eigenvalue weighted by molar-refractivity contribution is 5.78. The van der Waals surface area contributed by atoms with Crippen molar-refractivity contribution in [2.45, 2.75) is 63.0 Å². The molecular weight excluding hydrogens is 364 g/mol. The van der Waals surface area contributed by atoms with E-state index in [4.69, 9.17) is 9.47 Å². The topological polar surface area (TPSA) is 99.0 Å². The Hall–Kier alpha value is -2.64. The second-order valence-electron chi connectivity index (χ2n) is 7.96. The monoisotopic (exact) mass is 388 g/mol. The summed E-state index contributed by atoms with van der Waals surface area (Å²) >= 11 is 0. The minimum absolute atomic E-state index is 0.0459. The van der Waals surface area contributed by atoms with Gasteiger partial charge in [-0.2, -0.15) is 0 Å². The van der Waals surface area contributed by atoms with Crippen LogP contribution in [-0.2, 0) is 9.53 Å². The molecule has 3 fully saturated rings. The molecule has 2 aliphatic heterocycles. The Kier molecular flexibility index (Phi) is 4.95. The van der Waals surface area contributed by atoms with Gasteiger partial charge in [-0.15, -0.1) is 0 Å². The molecule has 0 N–H and O–H groups in total. The highest BCUT2D eigenvalue weighted by atomic mass is 16.7. The van der Waals surface area contributed by atoms with Gasteiger partial charge in [0, 0.05) is 30.6 Å². The second-order valence-corrected chi connectivity index (χ2v) is 7.96.